The third kappa shape index (κ3) is 2.74. The zero-order chi connectivity index (χ0) is 12.0. The van der Waals surface area contributed by atoms with Crippen LogP contribution in [0.5, 0.6) is 0 Å². The Hall–Kier alpha value is -2.02. The minimum absolute atomic E-state index is 0.430. The molecule has 1 aliphatic heterocycles. The highest BCUT2D eigenvalue weighted by Gasteiger charge is 2.18. The summed E-state index contributed by atoms with van der Waals surface area (Å²) in [5.74, 6) is 0. The summed E-state index contributed by atoms with van der Waals surface area (Å²) in [5, 5.41) is 8.84. The Kier molecular flexibility index (Phi) is 4.34. The number of carbonyl (C=O) groups is 1. The van der Waals surface area contributed by atoms with Gasteiger partial charge in [0.1, 0.15) is 6.07 Å². The number of hydrogen-bond donors (Lipinski definition) is 0. The summed E-state index contributed by atoms with van der Waals surface area (Å²) in [6.45, 7) is 10.1. The van der Waals surface area contributed by atoms with Crippen molar-refractivity contribution in [3.8, 4) is 6.07 Å². The molecule has 1 saturated heterocycles. The van der Waals surface area contributed by atoms with E-state index in [1.54, 1.807) is 17.1 Å². The SMILES string of the molecule is C=C/C=C(\C(=C)C#N)N1CCN(C=O)CC1. The fourth-order valence-corrected chi connectivity index (χ4v) is 1.63. The molecule has 0 spiro atoms. The summed E-state index contributed by atoms with van der Waals surface area (Å²) in [6.07, 6.45) is 4.28. The molecule has 16 heavy (non-hydrogen) atoms. The van der Waals surface area contributed by atoms with Crippen molar-refractivity contribution in [2.24, 2.45) is 0 Å². The smallest absolute Gasteiger partial charge is 0.209 e. The van der Waals surface area contributed by atoms with Crippen molar-refractivity contribution in [1.82, 2.24) is 9.80 Å². The Labute approximate surface area is 95.8 Å². The molecular weight excluding hydrogens is 202 g/mol. The molecule has 0 aromatic rings. The maximum absolute atomic E-state index is 10.6. The van der Waals surface area contributed by atoms with Gasteiger partial charge in [-0.3, -0.25) is 4.79 Å². The molecule has 1 rings (SSSR count). The van der Waals surface area contributed by atoms with Gasteiger partial charge in [0.25, 0.3) is 0 Å². The zero-order valence-electron chi connectivity index (χ0n) is 9.22. The molecule has 1 amide bonds. The van der Waals surface area contributed by atoms with Crippen LogP contribution in [-0.4, -0.2) is 42.4 Å². The van der Waals surface area contributed by atoms with Crippen molar-refractivity contribution < 1.29 is 4.79 Å². The lowest BCUT2D eigenvalue weighted by molar-refractivity contribution is -0.119. The van der Waals surface area contributed by atoms with Gasteiger partial charge in [-0.25, -0.2) is 0 Å². The first-order valence-corrected chi connectivity index (χ1v) is 5.09. The van der Waals surface area contributed by atoms with Crippen LogP contribution in [0.4, 0.5) is 0 Å². The van der Waals surface area contributed by atoms with Crippen molar-refractivity contribution in [2.45, 2.75) is 0 Å². The van der Waals surface area contributed by atoms with E-state index in [4.69, 9.17) is 5.26 Å². The lowest BCUT2D eigenvalue weighted by atomic mass is 10.1. The van der Waals surface area contributed by atoms with Crippen molar-refractivity contribution >= 4 is 6.41 Å². The number of nitriles is 1. The maximum Gasteiger partial charge on any atom is 0.209 e. The molecule has 1 heterocycles. The summed E-state index contributed by atoms with van der Waals surface area (Å²) in [5.41, 5.74) is 1.22. The van der Waals surface area contributed by atoms with E-state index in [0.717, 1.165) is 25.2 Å². The Bertz CT molecular complexity index is 357. The van der Waals surface area contributed by atoms with Crippen LogP contribution in [0.2, 0.25) is 0 Å². The molecule has 0 radical (unpaired) electrons. The van der Waals surface area contributed by atoms with Gasteiger partial charge in [-0.15, -0.1) is 0 Å². The summed E-state index contributed by atoms with van der Waals surface area (Å²) in [4.78, 5) is 14.3. The highest BCUT2D eigenvalue weighted by atomic mass is 16.1. The van der Waals surface area contributed by atoms with E-state index in [0.29, 0.717) is 18.7 Å². The van der Waals surface area contributed by atoms with Crippen LogP contribution in [0.25, 0.3) is 0 Å². The van der Waals surface area contributed by atoms with Crippen LogP contribution in [-0.2, 0) is 4.79 Å². The molecule has 0 aromatic carbocycles. The normalized spacial score (nSPS) is 16.6. The second kappa shape index (κ2) is 5.76. The van der Waals surface area contributed by atoms with E-state index in [1.807, 2.05) is 11.0 Å². The molecule has 0 atom stereocenters. The van der Waals surface area contributed by atoms with Crippen molar-refractivity contribution in [1.29, 1.82) is 5.26 Å². The van der Waals surface area contributed by atoms with Crippen LogP contribution in [0, 0.1) is 11.3 Å². The monoisotopic (exact) mass is 217 g/mol. The summed E-state index contributed by atoms with van der Waals surface area (Å²) < 4.78 is 0. The van der Waals surface area contributed by atoms with Crippen LogP contribution in [0.15, 0.2) is 36.6 Å². The van der Waals surface area contributed by atoms with E-state index >= 15 is 0 Å². The molecule has 4 heteroatoms. The van der Waals surface area contributed by atoms with Crippen LogP contribution in [0.1, 0.15) is 0 Å². The number of hydrogen-bond acceptors (Lipinski definition) is 3. The van der Waals surface area contributed by atoms with Crippen molar-refractivity contribution in [3.05, 3.63) is 36.6 Å². The second-order valence-electron chi connectivity index (χ2n) is 3.51. The number of allylic oxidation sites excluding steroid dienone is 3. The van der Waals surface area contributed by atoms with Crippen molar-refractivity contribution in [2.75, 3.05) is 26.2 Å². The predicted molar refractivity (Wildman–Crippen MR) is 62.2 cm³/mol. The van der Waals surface area contributed by atoms with Crippen LogP contribution >= 0.6 is 0 Å². The zero-order valence-corrected chi connectivity index (χ0v) is 9.22. The average molecular weight is 217 g/mol. The maximum atomic E-state index is 10.6. The standard InChI is InChI=1S/C12H15N3O/c1-3-4-12(11(2)9-13)15-7-5-14(10-16)6-8-15/h3-4,10H,1-2,5-8H2/b12-4+. The van der Waals surface area contributed by atoms with Gasteiger partial charge in [0.15, 0.2) is 0 Å². The van der Waals surface area contributed by atoms with E-state index in [2.05, 4.69) is 13.2 Å². The van der Waals surface area contributed by atoms with E-state index in [9.17, 15) is 4.79 Å². The fourth-order valence-electron chi connectivity index (χ4n) is 1.63. The minimum Gasteiger partial charge on any atom is -0.367 e. The second-order valence-corrected chi connectivity index (χ2v) is 3.51. The third-order valence-electron chi connectivity index (χ3n) is 2.52. The van der Waals surface area contributed by atoms with Crippen molar-refractivity contribution in [3.63, 3.8) is 0 Å². The lowest BCUT2D eigenvalue weighted by Gasteiger charge is -2.35. The molecule has 4 nitrogen and oxygen atoms in total. The third-order valence-corrected chi connectivity index (χ3v) is 2.52. The molecule has 1 aliphatic rings. The van der Waals surface area contributed by atoms with Gasteiger partial charge < -0.3 is 9.80 Å². The highest BCUT2D eigenvalue weighted by Crippen LogP contribution is 2.15. The van der Waals surface area contributed by atoms with Gasteiger partial charge in [0.2, 0.25) is 6.41 Å². The Balaban J connectivity index is 2.72. The molecule has 0 bridgehead atoms. The van der Waals surface area contributed by atoms with Crippen LogP contribution < -0.4 is 0 Å². The molecule has 0 unspecified atom stereocenters. The van der Waals surface area contributed by atoms with E-state index < -0.39 is 0 Å². The number of rotatable bonds is 4. The number of nitrogens with zero attached hydrogens (tertiary/aromatic N) is 3. The molecule has 0 aromatic heterocycles. The van der Waals surface area contributed by atoms with Gasteiger partial charge in [-0.1, -0.05) is 19.2 Å². The number of amides is 1. The first kappa shape index (κ1) is 12.1. The number of carbonyl (C=O) groups excluding carboxylic acids is 1. The molecule has 0 N–H and O–H groups in total. The number of piperazine rings is 1. The Morgan fingerprint density at radius 1 is 1.31 bits per heavy atom. The van der Waals surface area contributed by atoms with Gasteiger partial charge in [0.05, 0.1) is 11.3 Å². The summed E-state index contributed by atoms with van der Waals surface area (Å²) in [7, 11) is 0. The molecule has 1 fully saturated rings. The predicted octanol–water partition coefficient (Wildman–Crippen LogP) is 0.910. The minimum atomic E-state index is 0.430. The molecular formula is C12H15N3O. The molecule has 84 valence electrons. The average Bonchev–Trinajstić information content (AvgIpc) is 2.35. The first-order valence-electron chi connectivity index (χ1n) is 5.09. The van der Waals surface area contributed by atoms with Gasteiger partial charge in [-0.05, 0) is 6.08 Å². The Morgan fingerprint density at radius 2 is 1.94 bits per heavy atom. The molecule has 0 aliphatic carbocycles. The quantitative estimate of drug-likeness (QED) is 0.399. The Morgan fingerprint density at radius 3 is 2.38 bits per heavy atom. The first-order chi connectivity index (χ1) is 7.72. The van der Waals surface area contributed by atoms with Gasteiger partial charge in [-0.2, -0.15) is 5.26 Å². The van der Waals surface area contributed by atoms with Gasteiger partial charge >= 0.3 is 0 Å². The fraction of sp³-hybridized carbons (Fsp3) is 0.333. The van der Waals surface area contributed by atoms with Gasteiger partial charge in [0, 0.05) is 26.2 Å². The van der Waals surface area contributed by atoms with E-state index in [-0.39, 0.29) is 0 Å². The highest BCUT2D eigenvalue weighted by molar-refractivity contribution is 5.47. The van der Waals surface area contributed by atoms with Crippen LogP contribution in [0.3, 0.4) is 0 Å². The summed E-state index contributed by atoms with van der Waals surface area (Å²) in [6, 6.07) is 2.04. The lowest BCUT2D eigenvalue weighted by Crippen LogP contribution is -2.45. The molecule has 0 saturated carbocycles. The summed E-state index contributed by atoms with van der Waals surface area (Å²) >= 11 is 0. The van der Waals surface area contributed by atoms with E-state index in [1.165, 1.54) is 0 Å². The largest absolute Gasteiger partial charge is 0.367 e. The topological polar surface area (TPSA) is 47.3 Å².